The first-order valence-corrected chi connectivity index (χ1v) is 8.80. The van der Waals surface area contributed by atoms with Crippen LogP contribution < -0.4 is 5.32 Å². The van der Waals surface area contributed by atoms with E-state index in [-0.39, 0.29) is 17.8 Å². The second kappa shape index (κ2) is 9.11. The number of aliphatic imine (C=N–C) groups is 1. The quantitative estimate of drug-likeness (QED) is 0.348. The van der Waals surface area contributed by atoms with Crippen LogP contribution in [0.4, 0.5) is 0 Å². The number of guanidine groups is 1. The Morgan fingerprint density at radius 3 is 2.70 bits per heavy atom. The maximum Gasteiger partial charge on any atom is 0.310 e. The minimum Gasteiger partial charge on any atom is -0.469 e. The molecule has 1 saturated carbocycles. The number of hydrogen-bond donors (Lipinski definition) is 1. The summed E-state index contributed by atoms with van der Waals surface area (Å²) in [6.45, 7) is 5.23. The van der Waals surface area contributed by atoms with Gasteiger partial charge in [-0.3, -0.25) is 9.79 Å². The van der Waals surface area contributed by atoms with Crippen LogP contribution in [0.2, 0.25) is 0 Å². The van der Waals surface area contributed by atoms with Gasteiger partial charge in [-0.05, 0) is 25.2 Å². The predicted octanol–water partition coefficient (Wildman–Crippen LogP) is 1.65. The second-order valence-electron chi connectivity index (χ2n) is 6.62. The van der Waals surface area contributed by atoms with E-state index in [1.165, 1.54) is 32.8 Å². The van der Waals surface area contributed by atoms with Gasteiger partial charge >= 0.3 is 5.97 Å². The van der Waals surface area contributed by atoms with Gasteiger partial charge in [-0.1, -0.05) is 19.8 Å². The molecule has 2 rings (SSSR count). The minimum absolute atomic E-state index is 0.0655. The first kappa shape index (κ1) is 18.0. The lowest BCUT2D eigenvalue weighted by atomic mass is 9.99. The summed E-state index contributed by atoms with van der Waals surface area (Å²) in [5.74, 6) is 0.959. The molecular weight excluding hydrogens is 294 g/mol. The Balaban J connectivity index is 1.68. The van der Waals surface area contributed by atoms with Gasteiger partial charge in [-0.25, -0.2) is 0 Å². The highest BCUT2D eigenvalue weighted by atomic mass is 16.5. The summed E-state index contributed by atoms with van der Waals surface area (Å²) in [5, 5.41) is 3.38. The number of likely N-dealkylation sites (tertiary alicyclic amines) is 1. The SMILES string of the molecule is CN=C(NCCCOC1CCCC1)N1CC(C)C(C(=O)OC)C1. The maximum atomic E-state index is 11.8. The van der Waals surface area contributed by atoms with Crippen LogP contribution in [0.3, 0.4) is 0 Å². The van der Waals surface area contributed by atoms with E-state index < -0.39 is 0 Å². The summed E-state index contributed by atoms with van der Waals surface area (Å²) in [5.41, 5.74) is 0. The van der Waals surface area contributed by atoms with Gasteiger partial charge in [0.2, 0.25) is 0 Å². The van der Waals surface area contributed by atoms with E-state index in [1.807, 2.05) is 0 Å². The van der Waals surface area contributed by atoms with E-state index in [4.69, 9.17) is 9.47 Å². The molecule has 1 aliphatic heterocycles. The number of carbonyl (C=O) groups excluding carboxylic acids is 1. The highest BCUT2D eigenvalue weighted by Gasteiger charge is 2.36. The van der Waals surface area contributed by atoms with Crippen LogP contribution in [0.25, 0.3) is 0 Å². The van der Waals surface area contributed by atoms with Gasteiger partial charge in [0.25, 0.3) is 0 Å². The summed E-state index contributed by atoms with van der Waals surface area (Å²) < 4.78 is 10.8. The van der Waals surface area contributed by atoms with E-state index in [0.717, 1.165) is 32.1 Å². The molecule has 1 aliphatic carbocycles. The first-order chi connectivity index (χ1) is 11.2. The Kier molecular flexibility index (Phi) is 7.15. The normalized spacial score (nSPS) is 25.9. The number of rotatable bonds is 6. The van der Waals surface area contributed by atoms with Gasteiger partial charge in [0.05, 0.1) is 19.1 Å². The lowest BCUT2D eigenvalue weighted by Gasteiger charge is -2.21. The lowest BCUT2D eigenvalue weighted by molar-refractivity contribution is -0.145. The number of nitrogens with one attached hydrogen (secondary N) is 1. The standard InChI is InChI=1S/C17H31N3O3/c1-13-11-20(12-15(13)16(21)22-3)17(18-2)19-9-6-10-23-14-7-4-5-8-14/h13-15H,4-12H2,1-3H3,(H,18,19). The highest BCUT2D eigenvalue weighted by Crippen LogP contribution is 2.24. The number of methoxy groups -OCH3 is 1. The maximum absolute atomic E-state index is 11.8. The fourth-order valence-electron chi connectivity index (χ4n) is 3.51. The zero-order chi connectivity index (χ0) is 16.7. The molecular formula is C17H31N3O3. The van der Waals surface area contributed by atoms with Crippen LogP contribution in [0.1, 0.15) is 39.0 Å². The molecule has 0 aromatic carbocycles. The number of esters is 1. The molecule has 0 bridgehead atoms. The third kappa shape index (κ3) is 5.09. The molecule has 0 aromatic heterocycles. The van der Waals surface area contributed by atoms with Gasteiger partial charge in [0, 0.05) is 33.3 Å². The van der Waals surface area contributed by atoms with E-state index in [2.05, 4.69) is 22.1 Å². The van der Waals surface area contributed by atoms with Gasteiger partial charge in [-0.15, -0.1) is 0 Å². The third-order valence-corrected chi connectivity index (χ3v) is 4.89. The Morgan fingerprint density at radius 2 is 2.04 bits per heavy atom. The van der Waals surface area contributed by atoms with E-state index in [1.54, 1.807) is 7.05 Å². The van der Waals surface area contributed by atoms with Crippen molar-refractivity contribution in [2.75, 3.05) is 40.4 Å². The van der Waals surface area contributed by atoms with Crippen molar-refractivity contribution in [2.24, 2.45) is 16.8 Å². The zero-order valence-electron chi connectivity index (χ0n) is 14.7. The van der Waals surface area contributed by atoms with Crippen LogP contribution in [-0.4, -0.2) is 63.3 Å². The van der Waals surface area contributed by atoms with E-state index >= 15 is 0 Å². The molecule has 2 aliphatic rings. The molecule has 2 unspecified atom stereocenters. The number of carbonyl (C=O) groups is 1. The largest absolute Gasteiger partial charge is 0.469 e. The van der Waals surface area contributed by atoms with Crippen LogP contribution in [0, 0.1) is 11.8 Å². The summed E-state index contributed by atoms with van der Waals surface area (Å²) in [7, 11) is 3.24. The summed E-state index contributed by atoms with van der Waals surface area (Å²) in [4.78, 5) is 18.3. The monoisotopic (exact) mass is 325 g/mol. The number of nitrogens with zero attached hydrogens (tertiary/aromatic N) is 2. The lowest BCUT2D eigenvalue weighted by Crippen LogP contribution is -2.41. The van der Waals surface area contributed by atoms with Crippen molar-refractivity contribution in [3.63, 3.8) is 0 Å². The predicted molar refractivity (Wildman–Crippen MR) is 90.4 cm³/mol. The van der Waals surface area contributed by atoms with Crippen LogP contribution in [-0.2, 0) is 14.3 Å². The molecule has 0 amide bonds. The molecule has 0 aromatic rings. The van der Waals surface area contributed by atoms with Crippen molar-refractivity contribution in [2.45, 2.75) is 45.1 Å². The molecule has 132 valence electrons. The fraction of sp³-hybridized carbons (Fsp3) is 0.882. The topological polar surface area (TPSA) is 63.2 Å². The van der Waals surface area contributed by atoms with Crippen molar-refractivity contribution in [3.8, 4) is 0 Å². The van der Waals surface area contributed by atoms with Crippen molar-refractivity contribution < 1.29 is 14.3 Å². The molecule has 0 spiro atoms. The molecule has 6 nitrogen and oxygen atoms in total. The van der Waals surface area contributed by atoms with Crippen LogP contribution >= 0.6 is 0 Å². The van der Waals surface area contributed by atoms with Crippen LogP contribution in [0.5, 0.6) is 0 Å². The molecule has 1 heterocycles. The van der Waals surface area contributed by atoms with E-state index in [9.17, 15) is 4.79 Å². The summed E-state index contributed by atoms with van der Waals surface area (Å²) in [6, 6.07) is 0. The number of ether oxygens (including phenoxy) is 2. The molecule has 2 fully saturated rings. The van der Waals surface area contributed by atoms with Crippen molar-refractivity contribution >= 4 is 11.9 Å². The molecule has 1 saturated heterocycles. The van der Waals surface area contributed by atoms with Gasteiger partial charge in [-0.2, -0.15) is 0 Å². The molecule has 6 heteroatoms. The average molecular weight is 325 g/mol. The molecule has 2 atom stereocenters. The smallest absolute Gasteiger partial charge is 0.310 e. The van der Waals surface area contributed by atoms with Crippen molar-refractivity contribution in [1.29, 1.82) is 0 Å². The van der Waals surface area contributed by atoms with Gasteiger partial charge < -0.3 is 19.7 Å². The molecule has 0 radical (unpaired) electrons. The molecule has 1 N–H and O–H groups in total. The average Bonchev–Trinajstić information content (AvgIpc) is 3.20. The fourth-order valence-corrected chi connectivity index (χ4v) is 3.51. The molecule has 23 heavy (non-hydrogen) atoms. The highest BCUT2D eigenvalue weighted by molar-refractivity contribution is 5.82. The van der Waals surface area contributed by atoms with Crippen molar-refractivity contribution in [3.05, 3.63) is 0 Å². The summed E-state index contributed by atoms with van der Waals surface area (Å²) >= 11 is 0. The van der Waals surface area contributed by atoms with Crippen LogP contribution in [0.15, 0.2) is 4.99 Å². The van der Waals surface area contributed by atoms with Crippen molar-refractivity contribution in [1.82, 2.24) is 10.2 Å². The second-order valence-corrected chi connectivity index (χ2v) is 6.62. The first-order valence-electron chi connectivity index (χ1n) is 8.80. The zero-order valence-corrected chi connectivity index (χ0v) is 14.7. The Hall–Kier alpha value is -1.30. The summed E-state index contributed by atoms with van der Waals surface area (Å²) in [6.07, 6.45) is 6.51. The Morgan fingerprint density at radius 1 is 1.30 bits per heavy atom. The van der Waals surface area contributed by atoms with Gasteiger partial charge in [0.1, 0.15) is 0 Å². The minimum atomic E-state index is -0.125. The number of hydrogen-bond acceptors (Lipinski definition) is 4. The third-order valence-electron chi connectivity index (χ3n) is 4.89. The van der Waals surface area contributed by atoms with E-state index in [0.29, 0.717) is 12.6 Å². The van der Waals surface area contributed by atoms with Gasteiger partial charge in [0.15, 0.2) is 5.96 Å². The Bertz CT molecular complexity index is 408. The Labute approximate surface area is 139 Å².